The van der Waals surface area contributed by atoms with Crippen LogP contribution < -0.4 is 10.2 Å². The van der Waals surface area contributed by atoms with Crippen molar-refractivity contribution in [3.8, 4) is 0 Å². The van der Waals surface area contributed by atoms with E-state index >= 15 is 0 Å². The first-order chi connectivity index (χ1) is 11.5. The summed E-state index contributed by atoms with van der Waals surface area (Å²) in [4.78, 5) is 33.1. The molecule has 6 nitrogen and oxygen atoms in total. The Hall–Kier alpha value is -2.63. The van der Waals surface area contributed by atoms with Crippen LogP contribution in [-0.2, 0) is 4.79 Å². The zero-order chi connectivity index (χ0) is 17.3. The highest BCUT2D eigenvalue weighted by Crippen LogP contribution is 2.26. The van der Waals surface area contributed by atoms with Gasteiger partial charge in [0.05, 0.1) is 5.52 Å². The lowest BCUT2D eigenvalue weighted by atomic mass is 10.1. The van der Waals surface area contributed by atoms with Crippen LogP contribution >= 0.6 is 0 Å². The number of nitrogens with one attached hydrogen (secondary N) is 1. The zero-order valence-corrected chi connectivity index (χ0v) is 14.2. The minimum atomic E-state index is -0.490. The van der Waals surface area contributed by atoms with Crippen LogP contribution in [0.2, 0.25) is 0 Å². The highest BCUT2D eigenvalue weighted by molar-refractivity contribution is 6.01. The van der Waals surface area contributed by atoms with E-state index in [1.54, 1.807) is 17.9 Å². The summed E-state index contributed by atoms with van der Waals surface area (Å²) in [6.45, 7) is 2.90. The Morgan fingerprint density at radius 1 is 1.33 bits per heavy atom. The van der Waals surface area contributed by atoms with Crippen LogP contribution in [0, 0.1) is 0 Å². The molecule has 0 bridgehead atoms. The molecule has 1 aromatic heterocycles. The number of benzene rings is 1. The molecule has 0 spiro atoms. The Morgan fingerprint density at radius 2 is 2.08 bits per heavy atom. The molecule has 1 saturated heterocycles. The molecule has 1 fully saturated rings. The largest absolute Gasteiger partial charge is 0.377 e. The van der Waals surface area contributed by atoms with Gasteiger partial charge in [-0.25, -0.2) is 4.98 Å². The molecule has 2 amide bonds. The molecule has 1 N–H and O–H groups in total. The molecule has 126 valence electrons. The predicted molar refractivity (Wildman–Crippen MR) is 94.2 cm³/mol. The second kappa shape index (κ2) is 6.47. The summed E-state index contributed by atoms with van der Waals surface area (Å²) in [5.41, 5.74) is 2.09. The first-order valence-corrected chi connectivity index (χ1v) is 8.15. The summed E-state index contributed by atoms with van der Waals surface area (Å²) in [7, 11) is 3.88. The molecule has 1 aliphatic rings. The Bertz CT molecular complexity index is 788. The molecule has 6 heteroatoms. The Kier molecular flexibility index (Phi) is 4.38. The number of rotatable bonds is 2. The number of anilines is 1. The van der Waals surface area contributed by atoms with Gasteiger partial charge in [-0.2, -0.15) is 0 Å². The van der Waals surface area contributed by atoms with Gasteiger partial charge < -0.3 is 15.1 Å². The normalized spacial score (nSPS) is 18.2. The van der Waals surface area contributed by atoms with Crippen molar-refractivity contribution in [2.24, 2.45) is 0 Å². The van der Waals surface area contributed by atoms with Gasteiger partial charge in [0.1, 0.15) is 11.7 Å². The van der Waals surface area contributed by atoms with Crippen LogP contribution in [0.3, 0.4) is 0 Å². The number of para-hydroxylation sites is 1. The van der Waals surface area contributed by atoms with Gasteiger partial charge in [-0.1, -0.05) is 18.2 Å². The molecule has 1 aliphatic heterocycles. The fraction of sp³-hybridized carbons (Fsp3) is 0.389. The van der Waals surface area contributed by atoms with E-state index in [4.69, 9.17) is 0 Å². The van der Waals surface area contributed by atoms with Gasteiger partial charge in [0, 0.05) is 38.3 Å². The fourth-order valence-corrected chi connectivity index (χ4v) is 3.01. The van der Waals surface area contributed by atoms with Gasteiger partial charge in [-0.05, 0) is 25.5 Å². The Balaban J connectivity index is 2.05. The molecular weight excluding hydrogens is 304 g/mol. The predicted octanol–water partition coefficient (Wildman–Crippen LogP) is 1.65. The van der Waals surface area contributed by atoms with E-state index in [1.807, 2.05) is 43.3 Å². The van der Waals surface area contributed by atoms with Crippen molar-refractivity contribution >= 4 is 28.4 Å². The first-order valence-electron chi connectivity index (χ1n) is 8.15. The zero-order valence-electron chi connectivity index (χ0n) is 14.2. The number of amides is 2. The van der Waals surface area contributed by atoms with Crippen LogP contribution in [0.15, 0.2) is 30.3 Å². The molecule has 1 atom stereocenters. The average molecular weight is 326 g/mol. The molecule has 0 aliphatic carbocycles. The summed E-state index contributed by atoms with van der Waals surface area (Å²) in [5.74, 6) is -0.317. The summed E-state index contributed by atoms with van der Waals surface area (Å²) < 4.78 is 0. The second-order valence-electron chi connectivity index (χ2n) is 6.26. The number of fused-ring (bicyclic) bond motifs is 1. The SMILES string of the molecule is CC1C(=O)NCCCN1C(=O)c1cc(N(C)C)c2ccccc2n1. The maximum atomic E-state index is 13.0. The van der Waals surface area contributed by atoms with Crippen molar-refractivity contribution in [1.29, 1.82) is 0 Å². The first kappa shape index (κ1) is 16.2. The van der Waals surface area contributed by atoms with Gasteiger partial charge in [0.2, 0.25) is 5.91 Å². The van der Waals surface area contributed by atoms with Gasteiger partial charge in [-0.15, -0.1) is 0 Å². The van der Waals surface area contributed by atoms with Crippen molar-refractivity contribution in [3.05, 3.63) is 36.0 Å². The maximum Gasteiger partial charge on any atom is 0.273 e. The van der Waals surface area contributed by atoms with Crippen LogP contribution in [0.1, 0.15) is 23.8 Å². The summed E-state index contributed by atoms with van der Waals surface area (Å²) in [6.07, 6.45) is 0.746. The molecule has 0 saturated carbocycles. The van der Waals surface area contributed by atoms with Crippen molar-refractivity contribution in [2.75, 3.05) is 32.1 Å². The van der Waals surface area contributed by atoms with E-state index < -0.39 is 6.04 Å². The molecule has 1 aromatic carbocycles. The third-order valence-corrected chi connectivity index (χ3v) is 4.38. The van der Waals surface area contributed by atoms with Crippen LogP contribution in [0.25, 0.3) is 10.9 Å². The van der Waals surface area contributed by atoms with Gasteiger partial charge in [-0.3, -0.25) is 9.59 Å². The van der Waals surface area contributed by atoms with E-state index in [1.165, 1.54) is 0 Å². The molecule has 24 heavy (non-hydrogen) atoms. The second-order valence-corrected chi connectivity index (χ2v) is 6.26. The minimum absolute atomic E-state index is 0.116. The lowest BCUT2D eigenvalue weighted by Gasteiger charge is -2.26. The standard InChI is InChI=1S/C18H22N4O2/c1-12-17(23)19-9-6-10-22(12)18(24)15-11-16(21(2)3)13-7-4-5-8-14(13)20-15/h4-5,7-8,11-12H,6,9-10H2,1-3H3,(H,19,23). The van der Waals surface area contributed by atoms with Gasteiger partial charge >= 0.3 is 0 Å². The highest BCUT2D eigenvalue weighted by atomic mass is 16.2. The molecular formula is C18H22N4O2. The number of nitrogens with zero attached hydrogens (tertiary/aromatic N) is 3. The van der Waals surface area contributed by atoms with Crippen molar-refractivity contribution in [2.45, 2.75) is 19.4 Å². The Morgan fingerprint density at radius 3 is 2.83 bits per heavy atom. The monoisotopic (exact) mass is 326 g/mol. The molecule has 1 unspecified atom stereocenters. The number of carbonyl (C=O) groups is 2. The van der Waals surface area contributed by atoms with Crippen LogP contribution in [-0.4, -0.2) is 54.9 Å². The molecule has 2 heterocycles. The highest BCUT2D eigenvalue weighted by Gasteiger charge is 2.29. The van der Waals surface area contributed by atoms with E-state index in [2.05, 4.69) is 10.3 Å². The summed E-state index contributed by atoms with van der Waals surface area (Å²) >= 11 is 0. The number of hydrogen-bond donors (Lipinski definition) is 1. The van der Waals surface area contributed by atoms with Crippen LogP contribution in [0.5, 0.6) is 0 Å². The number of hydrogen-bond acceptors (Lipinski definition) is 4. The maximum absolute atomic E-state index is 13.0. The summed E-state index contributed by atoms with van der Waals surface area (Å²) in [6, 6.07) is 9.08. The lowest BCUT2D eigenvalue weighted by Crippen LogP contribution is -2.45. The average Bonchev–Trinajstić information content (AvgIpc) is 2.75. The number of aromatic nitrogens is 1. The van der Waals surface area contributed by atoms with E-state index in [-0.39, 0.29) is 11.8 Å². The topological polar surface area (TPSA) is 65.5 Å². The quantitative estimate of drug-likeness (QED) is 0.911. The minimum Gasteiger partial charge on any atom is -0.377 e. The fourth-order valence-electron chi connectivity index (χ4n) is 3.01. The number of carbonyl (C=O) groups excluding carboxylic acids is 2. The summed E-state index contributed by atoms with van der Waals surface area (Å²) in [5, 5.41) is 3.83. The lowest BCUT2D eigenvalue weighted by molar-refractivity contribution is -0.124. The smallest absolute Gasteiger partial charge is 0.273 e. The number of pyridine rings is 1. The van der Waals surface area contributed by atoms with Crippen LogP contribution in [0.4, 0.5) is 5.69 Å². The van der Waals surface area contributed by atoms with Gasteiger partial charge in [0.25, 0.3) is 5.91 Å². The Labute approximate surface area is 141 Å². The third-order valence-electron chi connectivity index (χ3n) is 4.38. The third kappa shape index (κ3) is 2.91. The van der Waals surface area contributed by atoms with E-state index in [0.29, 0.717) is 18.8 Å². The van der Waals surface area contributed by atoms with E-state index in [9.17, 15) is 9.59 Å². The van der Waals surface area contributed by atoms with Crippen molar-refractivity contribution in [1.82, 2.24) is 15.2 Å². The molecule has 2 aromatic rings. The van der Waals surface area contributed by atoms with Crippen molar-refractivity contribution in [3.63, 3.8) is 0 Å². The molecule has 3 rings (SSSR count). The molecule has 0 radical (unpaired) electrons. The van der Waals surface area contributed by atoms with E-state index in [0.717, 1.165) is 23.0 Å². The van der Waals surface area contributed by atoms with Gasteiger partial charge in [0.15, 0.2) is 0 Å². The van der Waals surface area contributed by atoms with Crippen molar-refractivity contribution < 1.29 is 9.59 Å².